The summed E-state index contributed by atoms with van der Waals surface area (Å²) in [5.41, 5.74) is 2.84. The Bertz CT molecular complexity index is 1220. The van der Waals surface area contributed by atoms with Crippen LogP contribution in [0.2, 0.25) is 0 Å². The summed E-state index contributed by atoms with van der Waals surface area (Å²) in [6.07, 6.45) is -2.55. The van der Waals surface area contributed by atoms with Crippen molar-refractivity contribution in [3.63, 3.8) is 0 Å². The van der Waals surface area contributed by atoms with Crippen LogP contribution in [0.1, 0.15) is 42.1 Å². The van der Waals surface area contributed by atoms with E-state index < -0.39 is 58.3 Å². The summed E-state index contributed by atoms with van der Waals surface area (Å²) in [6, 6.07) is 0.352. The maximum absolute atomic E-state index is 15.3. The van der Waals surface area contributed by atoms with E-state index in [1.807, 2.05) is 0 Å². The number of alkyl halides is 3. The maximum atomic E-state index is 15.3. The zero-order valence-corrected chi connectivity index (χ0v) is 17.2. The van der Waals surface area contributed by atoms with E-state index in [1.165, 1.54) is 9.47 Å². The van der Waals surface area contributed by atoms with Gasteiger partial charge in [0.15, 0.2) is 11.6 Å². The van der Waals surface area contributed by atoms with Gasteiger partial charge >= 0.3 is 12.3 Å². The van der Waals surface area contributed by atoms with Crippen LogP contribution < -0.4 is 20.8 Å². The average Bonchev–Trinajstić information content (AvgIpc) is 3.58. The highest BCUT2D eigenvalue weighted by Gasteiger charge is 2.38. The molecule has 2 aliphatic rings. The number of nitrogens with zero attached hydrogens (tertiary/aromatic N) is 2. The van der Waals surface area contributed by atoms with E-state index in [-0.39, 0.29) is 30.2 Å². The lowest BCUT2D eigenvalue weighted by atomic mass is 10.0. The summed E-state index contributed by atoms with van der Waals surface area (Å²) in [5.74, 6) is -4.37. The van der Waals surface area contributed by atoms with Crippen molar-refractivity contribution in [3.8, 4) is 5.75 Å². The second-order valence-electron chi connectivity index (χ2n) is 8.03. The highest BCUT2D eigenvalue weighted by atomic mass is 19.4. The average molecular weight is 473 g/mol. The Morgan fingerprint density at radius 2 is 2.00 bits per heavy atom. The van der Waals surface area contributed by atoms with Crippen LogP contribution in [0.25, 0.3) is 10.9 Å². The molecule has 1 saturated heterocycles. The van der Waals surface area contributed by atoms with E-state index in [2.05, 4.69) is 4.74 Å². The van der Waals surface area contributed by atoms with E-state index in [4.69, 9.17) is 5.73 Å². The van der Waals surface area contributed by atoms with Gasteiger partial charge in [0.25, 0.3) is 0 Å². The second-order valence-corrected chi connectivity index (χ2v) is 8.03. The standard InChI is InChI=1S/C21H20F5N3O4/c22-14-6-12-16(29(11-3-4-11)9-13(18(12)30)20(31)32)19(33-21(24,25)26)17(14)28-5-1-2-10(8-28)15(23)7-27/h6,9,11H,1-5,7-8,27H2,(H,31,32)/b15-10+. The molecule has 0 atom stereocenters. The van der Waals surface area contributed by atoms with Gasteiger partial charge in [-0.05, 0) is 37.3 Å². The molecule has 3 N–H and O–H groups in total. The van der Waals surface area contributed by atoms with Gasteiger partial charge in [0, 0.05) is 31.9 Å². The monoisotopic (exact) mass is 473 g/mol. The van der Waals surface area contributed by atoms with Crippen LogP contribution in [0, 0.1) is 5.82 Å². The third-order valence-corrected chi connectivity index (χ3v) is 5.75. The number of piperidine rings is 1. The number of anilines is 1. The first kappa shape index (κ1) is 23.0. The Morgan fingerprint density at radius 1 is 1.30 bits per heavy atom. The quantitative estimate of drug-likeness (QED) is 0.641. The van der Waals surface area contributed by atoms with Gasteiger partial charge < -0.3 is 25.0 Å². The number of nitrogens with two attached hydrogens (primary N) is 1. The Kier molecular flexibility index (Phi) is 5.81. The van der Waals surface area contributed by atoms with Crippen molar-refractivity contribution in [1.29, 1.82) is 0 Å². The third kappa shape index (κ3) is 4.39. The van der Waals surface area contributed by atoms with Crippen molar-refractivity contribution in [3.05, 3.63) is 45.3 Å². The molecule has 0 amide bonds. The van der Waals surface area contributed by atoms with E-state index in [0.717, 1.165) is 12.3 Å². The van der Waals surface area contributed by atoms with Gasteiger partial charge in [-0.15, -0.1) is 13.2 Å². The number of halogens is 5. The predicted octanol–water partition coefficient (Wildman–Crippen LogP) is 3.85. The summed E-state index contributed by atoms with van der Waals surface area (Å²) < 4.78 is 75.2. The van der Waals surface area contributed by atoms with Gasteiger partial charge in [0.1, 0.15) is 17.1 Å². The third-order valence-electron chi connectivity index (χ3n) is 5.75. The number of aromatic nitrogens is 1. The van der Waals surface area contributed by atoms with Crippen molar-refractivity contribution in [2.45, 2.75) is 38.1 Å². The minimum Gasteiger partial charge on any atom is -0.477 e. The number of carboxylic acid groups (broad SMARTS) is 1. The number of carboxylic acids is 1. The molecule has 0 bridgehead atoms. The Hall–Kier alpha value is -3.15. The molecule has 1 aliphatic carbocycles. The fraction of sp³-hybridized carbons (Fsp3) is 0.429. The SMILES string of the molecule is NC/C(F)=C1/CCCN(c2c(F)cc3c(=O)c(C(=O)O)cn(C4CC4)c3c2OC(F)(F)F)C1. The summed E-state index contributed by atoms with van der Waals surface area (Å²) >= 11 is 0. The van der Waals surface area contributed by atoms with Gasteiger partial charge in [0.2, 0.25) is 5.43 Å². The van der Waals surface area contributed by atoms with Crippen molar-refractivity contribution in [2.75, 3.05) is 24.5 Å². The molecule has 178 valence electrons. The van der Waals surface area contributed by atoms with E-state index >= 15 is 4.39 Å². The minimum absolute atomic E-state index is 0.110. The van der Waals surface area contributed by atoms with Crippen molar-refractivity contribution < 1.29 is 36.6 Å². The number of hydrogen-bond donors (Lipinski definition) is 2. The minimum atomic E-state index is -5.23. The van der Waals surface area contributed by atoms with Crippen LogP contribution in [0.5, 0.6) is 5.75 Å². The molecule has 2 aromatic rings. The predicted molar refractivity (Wildman–Crippen MR) is 109 cm³/mol. The van der Waals surface area contributed by atoms with Crippen LogP contribution >= 0.6 is 0 Å². The molecular weight excluding hydrogens is 453 g/mol. The molecule has 12 heteroatoms. The van der Waals surface area contributed by atoms with Crippen LogP contribution in [0.15, 0.2) is 28.5 Å². The summed E-state index contributed by atoms with van der Waals surface area (Å²) in [5, 5.41) is 8.82. The zero-order valence-electron chi connectivity index (χ0n) is 17.2. The topological polar surface area (TPSA) is 97.8 Å². The number of rotatable bonds is 5. The molecule has 2 heterocycles. The zero-order chi connectivity index (χ0) is 24.1. The molecule has 0 spiro atoms. The highest BCUT2D eigenvalue weighted by molar-refractivity contribution is 5.97. The molecule has 1 aliphatic heterocycles. The molecule has 1 saturated carbocycles. The van der Waals surface area contributed by atoms with Gasteiger partial charge in [-0.2, -0.15) is 0 Å². The van der Waals surface area contributed by atoms with Crippen LogP contribution in [0.3, 0.4) is 0 Å². The maximum Gasteiger partial charge on any atom is 0.573 e. The highest BCUT2D eigenvalue weighted by Crippen LogP contribution is 2.46. The molecule has 1 aromatic carbocycles. The van der Waals surface area contributed by atoms with Gasteiger partial charge in [0.05, 0.1) is 10.9 Å². The Morgan fingerprint density at radius 3 is 2.58 bits per heavy atom. The molecule has 4 rings (SSSR count). The van der Waals surface area contributed by atoms with Crippen LogP contribution in [-0.4, -0.2) is 41.6 Å². The lowest BCUT2D eigenvalue weighted by Gasteiger charge is -2.33. The van der Waals surface area contributed by atoms with Crippen molar-refractivity contribution in [1.82, 2.24) is 4.57 Å². The number of pyridine rings is 1. The van der Waals surface area contributed by atoms with Gasteiger partial charge in [-0.3, -0.25) is 4.79 Å². The fourth-order valence-corrected chi connectivity index (χ4v) is 4.17. The number of hydrogen-bond acceptors (Lipinski definition) is 5. The first-order valence-corrected chi connectivity index (χ1v) is 10.2. The Labute approximate surface area is 183 Å². The molecule has 0 unspecified atom stereocenters. The normalized spacial score (nSPS) is 18.5. The lowest BCUT2D eigenvalue weighted by molar-refractivity contribution is -0.274. The fourth-order valence-electron chi connectivity index (χ4n) is 4.17. The molecule has 1 aromatic heterocycles. The van der Waals surface area contributed by atoms with Gasteiger partial charge in [-0.1, -0.05) is 0 Å². The number of aromatic carboxylic acids is 1. The first-order chi connectivity index (χ1) is 15.5. The smallest absolute Gasteiger partial charge is 0.477 e. The summed E-state index contributed by atoms with van der Waals surface area (Å²) in [7, 11) is 0. The molecule has 7 nitrogen and oxygen atoms in total. The number of ether oxygens (including phenoxy) is 1. The molecule has 33 heavy (non-hydrogen) atoms. The van der Waals surface area contributed by atoms with E-state index in [9.17, 15) is 32.3 Å². The molecule has 0 radical (unpaired) electrons. The van der Waals surface area contributed by atoms with Gasteiger partial charge in [-0.25, -0.2) is 13.6 Å². The Balaban J connectivity index is 2.03. The summed E-state index contributed by atoms with van der Waals surface area (Å²) in [6.45, 7) is -0.492. The van der Waals surface area contributed by atoms with E-state index in [0.29, 0.717) is 25.7 Å². The number of fused-ring (bicyclic) bond motifs is 1. The molecular formula is C21H20F5N3O4. The number of benzene rings is 1. The number of carbonyl (C=O) groups is 1. The first-order valence-electron chi connectivity index (χ1n) is 10.2. The lowest BCUT2D eigenvalue weighted by Crippen LogP contribution is -2.34. The van der Waals surface area contributed by atoms with Crippen molar-refractivity contribution >= 4 is 22.6 Å². The van der Waals surface area contributed by atoms with Crippen LogP contribution in [-0.2, 0) is 0 Å². The molecule has 2 fully saturated rings. The van der Waals surface area contributed by atoms with E-state index in [1.54, 1.807) is 0 Å². The summed E-state index contributed by atoms with van der Waals surface area (Å²) in [4.78, 5) is 25.5. The van der Waals surface area contributed by atoms with Crippen LogP contribution in [0.4, 0.5) is 27.6 Å². The second kappa shape index (κ2) is 8.32. The largest absolute Gasteiger partial charge is 0.573 e. The van der Waals surface area contributed by atoms with Crippen molar-refractivity contribution in [2.24, 2.45) is 5.73 Å².